The lowest BCUT2D eigenvalue weighted by Gasteiger charge is -2.34. The van der Waals surface area contributed by atoms with E-state index in [1.807, 2.05) is 52.4 Å². The van der Waals surface area contributed by atoms with Gasteiger partial charge < -0.3 is 4.90 Å². The quantitative estimate of drug-likeness (QED) is 0.837. The molecule has 4 heteroatoms. The first-order valence-corrected chi connectivity index (χ1v) is 8.18. The number of anilines is 1. The van der Waals surface area contributed by atoms with Crippen LogP contribution in [0.4, 0.5) is 5.69 Å². The standard InChI is InChI=1S/C15H15NOS2/c1-11-10-19-14-7-3-2-6-13(14)16(11)15(17)9-12-5-4-8-18-12/h2-8,11H,9-10H2,1H3. The lowest BCUT2D eigenvalue weighted by atomic mass is 10.2. The molecule has 0 bridgehead atoms. The van der Waals surface area contributed by atoms with E-state index in [9.17, 15) is 4.79 Å². The second-order valence-corrected chi connectivity index (χ2v) is 6.74. The van der Waals surface area contributed by atoms with Gasteiger partial charge in [-0.25, -0.2) is 0 Å². The molecule has 1 aliphatic rings. The van der Waals surface area contributed by atoms with Crippen LogP contribution in [0.2, 0.25) is 0 Å². The molecule has 0 radical (unpaired) electrons. The molecule has 0 N–H and O–H groups in total. The Morgan fingerprint density at radius 1 is 1.32 bits per heavy atom. The van der Waals surface area contributed by atoms with E-state index in [0.717, 1.165) is 16.3 Å². The molecule has 0 aliphatic carbocycles. The van der Waals surface area contributed by atoms with Crippen LogP contribution in [-0.2, 0) is 11.2 Å². The zero-order valence-electron chi connectivity index (χ0n) is 10.7. The highest BCUT2D eigenvalue weighted by molar-refractivity contribution is 7.99. The van der Waals surface area contributed by atoms with Gasteiger partial charge in [0, 0.05) is 21.6 Å². The molecular formula is C15H15NOS2. The summed E-state index contributed by atoms with van der Waals surface area (Å²) in [5.74, 6) is 1.16. The van der Waals surface area contributed by atoms with Gasteiger partial charge in [-0.3, -0.25) is 4.79 Å². The maximum Gasteiger partial charge on any atom is 0.232 e. The first kappa shape index (κ1) is 12.8. The smallest absolute Gasteiger partial charge is 0.232 e. The maximum absolute atomic E-state index is 12.6. The van der Waals surface area contributed by atoms with Crippen molar-refractivity contribution in [3.8, 4) is 0 Å². The van der Waals surface area contributed by atoms with E-state index in [1.54, 1.807) is 11.3 Å². The molecule has 0 saturated heterocycles. The van der Waals surface area contributed by atoms with Gasteiger partial charge in [0.25, 0.3) is 0 Å². The van der Waals surface area contributed by atoms with Crippen molar-refractivity contribution in [2.24, 2.45) is 0 Å². The third-order valence-electron chi connectivity index (χ3n) is 3.22. The van der Waals surface area contributed by atoms with Crippen LogP contribution in [0.25, 0.3) is 0 Å². The molecule has 3 rings (SSSR count). The van der Waals surface area contributed by atoms with Gasteiger partial charge in [-0.2, -0.15) is 0 Å². The van der Waals surface area contributed by atoms with Crippen molar-refractivity contribution < 1.29 is 4.79 Å². The molecule has 1 aliphatic heterocycles. The Morgan fingerprint density at radius 3 is 2.95 bits per heavy atom. The summed E-state index contributed by atoms with van der Waals surface area (Å²) in [4.78, 5) is 16.9. The number of carbonyl (C=O) groups excluding carboxylic acids is 1. The predicted molar refractivity (Wildman–Crippen MR) is 82.1 cm³/mol. The van der Waals surface area contributed by atoms with Gasteiger partial charge in [0.1, 0.15) is 0 Å². The summed E-state index contributed by atoms with van der Waals surface area (Å²) in [5.41, 5.74) is 1.06. The van der Waals surface area contributed by atoms with Gasteiger partial charge in [0.05, 0.1) is 12.1 Å². The summed E-state index contributed by atoms with van der Waals surface area (Å²) in [5, 5.41) is 2.02. The van der Waals surface area contributed by atoms with Crippen molar-refractivity contribution in [2.75, 3.05) is 10.7 Å². The summed E-state index contributed by atoms with van der Waals surface area (Å²) < 4.78 is 0. The molecule has 2 aromatic rings. The van der Waals surface area contributed by atoms with Crippen molar-refractivity contribution in [2.45, 2.75) is 24.3 Å². The fourth-order valence-corrected chi connectivity index (χ4v) is 4.08. The molecule has 1 amide bonds. The van der Waals surface area contributed by atoms with Gasteiger partial charge in [0.15, 0.2) is 0 Å². The third kappa shape index (κ3) is 2.55. The summed E-state index contributed by atoms with van der Waals surface area (Å²) in [6.07, 6.45) is 0.501. The van der Waals surface area contributed by atoms with Crippen LogP contribution in [0, 0.1) is 0 Å². The Labute approximate surface area is 121 Å². The second kappa shape index (κ2) is 5.39. The minimum absolute atomic E-state index is 0.197. The fourth-order valence-electron chi connectivity index (χ4n) is 2.33. The molecule has 1 unspecified atom stereocenters. The van der Waals surface area contributed by atoms with Gasteiger partial charge in [-0.1, -0.05) is 18.2 Å². The van der Waals surface area contributed by atoms with Crippen LogP contribution in [0.5, 0.6) is 0 Å². The highest BCUT2D eigenvalue weighted by atomic mass is 32.2. The molecule has 98 valence electrons. The van der Waals surface area contributed by atoms with Gasteiger partial charge in [0.2, 0.25) is 5.91 Å². The molecule has 2 nitrogen and oxygen atoms in total. The van der Waals surface area contributed by atoms with Crippen LogP contribution in [0.15, 0.2) is 46.7 Å². The van der Waals surface area contributed by atoms with Crippen LogP contribution in [-0.4, -0.2) is 17.7 Å². The molecule has 1 aromatic carbocycles. The van der Waals surface area contributed by atoms with E-state index in [2.05, 4.69) is 13.0 Å². The minimum atomic E-state index is 0.197. The number of hydrogen-bond donors (Lipinski definition) is 0. The predicted octanol–water partition coefficient (Wildman–Crippen LogP) is 3.82. The number of fused-ring (bicyclic) bond motifs is 1. The Bertz CT molecular complexity index is 580. The summed E-state index contributed by atoms with van der Waals surface area (Å²) in [6, 6.07) is 12.5. The third-order valence-corrected chi connectivity index (χ3v) is 5.40. The number of nitrogens with zero attached hydrogens (tertiary/aromatic N) is 1. The summed E-state index contributed by atoms with van der Waals surface area (Å²) in [7, 11) is 0. The first-order chi connectivity index (χ1) is 9.25. The maximum atomic E-state index is 12.6. The van der Waals surface area contributed by atoms with Crippen LogP contribution >= 0.6 is 23.1 Å². The van der Waals surface area contributed by atoms with E-state index in [-0.39, 0.29) is 11.9 Å². The van der Waals surface area contributed by atoms with Crippen molar-refractivity contribution in [3.63, 3.8) is 0 Å². The molecular weight excluding hydrogens is 274 g/mol. The van der Waals surface area contributed by atoms with Crippen molar-refractivity contribution in [1.29, 1.82) is 0 Å². The number of amides is 1. The van der Waals surface area contributed by atoms with E-state index in [1.165, 1.54) is 4.90 Å². The number of carbonyl (C=O) groups is 1. The van der Waals surface area contributed by atoms with Crippen molar-refractivity contribution >= 4 is 34.7 Å². The fraction of sp³-hybridized carbons (Fsp3) is 0.267. The van der Waals surface area contributed by atoms with E-state index >= 15 is 0 Å². The average Bonchev–Trinajstić information content (AvgIpc) is 2.91. The normalized spacial score (nSPS) is 18.2. The van der Waals surface area contributed by atoms with E-state index in [0.29, 0.717) is 6.42 Å². The summed E-state index contributed by atoms with van der Waals surface area (Å²) in [6.45, 7) is 2.12. The Morgan fingerprint density at radius 2 is 2.16 bits per heavy atom. The topological polar surface area (TPSA) is 20.3 Å². The van der Waals surface area contributed by atoms with Crippen LogP contribution < -0.4 is 4.90 Å². The lowest BCUT2D eigenvalue weighted by Crippen LogP contribution is -2.43. The van der Waals surface area contributed by atoms with E-state index in [4.69, 9.17) is 0 Å². The zero-order chi connectivity index (χ0) is 13.2. The number of thioether (sulfide) groups is 1. The van der Waals surface area contributed by atoms with Crippen LogP contribution in [0.1, 0.15) is 11.8 Å². The van der Waals surface area contributed by atoms with Crippen LogP contribution in [0.3, 0.4) is 0 Å². The number of para-hydroxylation sites is 1. The average molecular weight is 289 g/mol. The highest BCUT2D eigenvalue weighted by Crippen LogP contribution is 2.37. The molecule has 1 atom stereocenters. The molecule has 1 aromatic heterocycles. The number of thiophene rings is 1. The molecule has 0 fully saturated rings. The Hall–Kier alpha value is -1.26. The van der Waals surface area contributed by atoms with Gasteiger partial charge in [-0.15, -0.1) is 23.1 Å². The van der Waals surface area contributed by atoms with Gasteiger partial charge in [-0.05, 0) is 30.5 Å². The zero-order valence-corrected chi connectivity index (χ0v) is 12.3. The second-order valence-electron chi connectivity index (χ2n) is 4.65. The monoisotopic (exact) mass is 289 g/mol. The SMILES string of the molecule is CC1CSc2ccccc2N1C(=O)Cc1cccs1. The number of hydrogen-bond acceptors (Lipinski definition) is 3. The molecule has 2 heterocycles. The number of rotatable bonds is 2. The molecule has 0 spiro atoms. The highest BCUT2D eigenvalue weighted by Gasteiger charge is 2.28. The minimum Gasteiger partial charge on any atom is -0.307 e. The molecule has 0 saturated carbocycles. The molecule has 19 heavy (non-hydrogen) atoms. The lowest BCUT2D eigenvalue weighted by molar-refractivity contribution is -0.118. The first-order valence-electron chi connectivity index (χ1n) is 6.32. The van der Waals surface area contributed by atoms with Gasteiger partial charge >= 0.3 is 0 Å². The van der Waals surface area contributed by atoms with Crippen molar-refractivity contribution in [1.82, 2.24) is 0 Å². The summed E-state index contributed by atoms with van der Waals surface area (Å²) >= 11 is 3.48. The largest absolute Gasteiger partial charge is 0.307 e. The van der Waals surface area contributed by atoms with Crippen molar-refractivity contribution in [3.05, 3.63) is 46.7 Å². The Balaban J connectivity index is 1.88. The Kier molecular flexibility index (Phi) is 3.62. The number of benzene rings is 1. The van der Waals surface area contributed by atoms with E-state index < -0.39 is 0 Å².